The van der Waals surface area contributed by atoms with Crippen molar-refractivity contribution < 1.29 is 4.12 Å². The van der Waals surface area contributed by atoms with Gasteiger partial charge in [0.05, 0.1) is 0 Å². The molecular weight excluding hydrogens is 548 g/mol. The fourth-order valence-corrected chi connectivity index (χ4v) is 13.1. The average Bonchev–Trinajstić information content (AvgIpc) is 2.36. The van der Waals surface area contributed by atoms with Crippen LogP contribution in [-0.4, -0.2) is 16.4 Å². The van der Waals surface area contributed by atoms with Crippen molar-refractivity contribution in [3.63, 3.8) is 0 Å². The second kappa shape index (κ2) is 12.3. The van der Waals surface area contributed by atoms with Crippen LogP contribution in [0.4, 0.5) is 0 Å². The van der Waals surface area contributed by atoms with E-state index in [1.807, 2.05) is 0 Å². The summed E-state index contributed by atoms with van der Waals surface area (Å²) in [5, 5.41) is 0. The van der Waals surface area contributed by atoms with Crippen LogP contribution in [0.15, 0.2) is 0 Å². The van der Waals surface area contributed by atoms with Gasteiger partial charge in [-0.25, -0.2) is 0 Å². The van der Waals surface area contributed by atoms with Crippen molar-refractivity contribution in [1.29, 1.82) is 1.19 Å². The van der Waals surface area contributed by atoms with Crippen molar-refractivity contribution in [2.45, 2.75) is 77.6 Å². The summed E-state index contributed by atoms with van der Waals surface area (Å²) in [6, 6.07) is 0. The van der Waals surface area contributed by atoms with Gasteiger partial charge in [-0.3, -0.25) is 0 Å². The standard InChI is InChI=1S/C12H28Cl2OSi2.Cl2H2IPS/c1-9(2)16(13,10(3)4)15-17(14,11(5)6)12(7)8;1-5(2)4-3/h9-12H,1-8H3;3H2/i;3TD. The van der Waals surface area contributed by atoms with E-state index in [9.17, 15) is 0 Å². The summed E-state index contributed by atoms with van der Waals surface area (Å²) in [6.45, 7) is 17.3. The minimum absolute atomic E-state index is 0.382. The van der Waals surface area contributed by atoms with E-state index < -0.39 is 45.4 Å². The van der Waals surface area contributed by atoms with Crippen molar-refractivity contribution in [3.05, 3.63) is 0 Å². The Bertz CT molecular complexity index is 363. The Labute approximate surface area is 175 Å². The predicted octanol–water partition coefficient (Wildman–Crippen LogP) is 8.59. The van der Waals surface area contributed by atoms with Gasteiger partial charge in [0.2, 0.25) is 0 Å². The van der Waals surface area contributed by atoms with Crippen LogP contribution in [0.2, 0.25) is 22.2 Å². The summed E-state index contributed by atoms with van der Waals surface area (Å²) >= 11 is 11.5. The second-order valence-corrected chi connectivity index (χ2v) is 27.4. The molecule has 138 valence electrons. The molecule has 0 aliphatic rings. The van der Waals surface area contributed by atoms with Gasteiger partial charge in [0.1, 0.15) is 0 Å². The van der Waals surface area contributed by atoms with E-state index in [1.54, 1.807) is 0 Å². The molecule has 0 aliphatic heterocycles. The molecule has 22 heavy (non-hydrogen) atoms. The summed E-state index contributed by atoms with van der Waals surface area (Å²) < 4.78 is 20.0. The molecule has 0 bridgehead atoms. The van der Waals surface area contributed by atoms with Crippen LogP contribution in [0.25, 0.3) is 0 Å². The molecule has 0 heterocycles. The second-order valence-electron chi connectivity index (χ2n) is 6.38. The molecule has 0 aromatic carbocycles. The van der Waals surface area contributed by atoms with Crippen LogP contribution < -0.4 is 0 Å². The zero-order valence-electron chi connectivity index (χ0n) is 16.5. The van der Waals surface area contributed by atoms with E-state index in [0.717, 1.165) is 0 Å². The van der Waals surface area contributed by atoms with Gasteiger partial charge in [-0.05, 0) is 22.2 Å². The molecule has 0 aromatic rings. The van der Waals surface area contributed by atoms with E-state index in [1.165, 1.54) is 0 Å². The Hall–Kier alpha value is 2.93. The first-order valence-electron chi connectivity index (χ1n) is 7.98. The Morgan fingerprint density at radius 1 is 0.955 bits per heavy atom. The van der Waals surface area contributed by atoms with E-state index >= 15 is 0 Å². The van der Waals surface area contributed by atoms with Crippen LogP contribution in [0.5, 0.6) is 0 Å². The van der Waals surface area contributed by atoms with Crippen LogP contribution >= 0.6 is 70.2 Å². The Morgan fingerprint density at radius 2 is 1.23 bits per heavy atom. The first-order valence-corrected chi connectivity index (χ1v) is 20.5. The van der Waals surface area contributed by atoms with Gasteiger partial charge in [-0.15, -0.1) is 22.2 Å². The zero-order chi connectivity index (χ0) is 19.9. The third-order valence-corrected chi connectivity index (χ3v) is 28.3. The maximum absolute atomic E-state index is 6.85. The summed E-state index contributed by atoms with van der Waals surface area (Å²) in [7, 11) is 5.24. The number of hydrogen-bond donors (Lipinski definition) is 0. The average molecular weight is 581 g/mol. The molecule has 0 spiro atoms. The summed E-state index contributed by atoms with van der Waals surface area (Å²) in [5.74, 6) is 0. The SMILES string of the molecule is CC(C)[Si](Cl)(O[Si](Cl)(C(C)C)C(C)C)C(C)C.[2H]I([3H])P=S(Cl)Cl. The quantitative estimate of drug-likeness (QED) is 0.127. The molecule has 0 aromatic heterocycles. The summed E-state index contributed by atoms with van der Waals surface area (Å²) in [4.78, 5) is 0.626. The molecule has 0 rings (SSSR count). The monoisotopic (exact) mass is 579 g/mol. The van der Waals surface area contributed by atoms with Crippen LogP contribution in [0, 0.1) is 0 Å². The van der Waals surface area contributed by atoms with Gasteiger partial charge < -0.3 is 4.12 Å². The third-order valence-electron chi connectivity index (χ3n) is 3.51. The Balaban J connectivity index is 0. The molecule has 1 nitrogen and oxygen atoms in total. The van der Waals surface area contributed by atoms with E-state index in [2.05, 4.69) is 55.4 Å². The predicted molar refractivity (Wildman–Crippen MR) is 127 cm³/mol. The molecule has 0 aliphatic carbocycles. The molecule has 0 saturated heterocycles. The Morgan fingerprint density at radius 3 is 1.32 bits per heavy atom. The first kappa shape index (κ1) is 23.0. The van der Waals surface area contributed by atoms with E-state index in [4.69, 9.17) is 48.8 Å². The number of hydrogen-bond acceptors (Lipinski definition) is 1. The van der Waals surface area contributed by atoms with Crippen LogP contribution in [-0.2, 0) is 12.6 Å². The van der Waals surface area contributed by atoms with E-state index in [-0.39, 0.29) is 0 Å². The van der Waals surface area contributed by atoms with Crippen LogP contribution in [0.3, 0.4) is 0 Å². The zero-order valence-corrected chi connectivity index (χ0v) is 23.4. The third kappa shape index (κ3) is 9.04. The fraction of sp³-hybridized carbons (Fsp3) is 1.00. The summed E-state index contributed by atoms with van der Waals surface area (Å²) in [5.41, 5.74) is 1.53. The maximum atomic E-state index is 6.85. The van der Waals surface area contributed by atoms with Crippen molar-refractivity contribution in [2.75, 3.05) is 0 Å². The molecule has 0 N–H and O–H groups in total. The molecule has 0 amide bonds. The van der Waals surface area contributed by atoms with Crippen molar-refractivity contribution in [1.82, 2.24) is 0 Å². The topological polar surface area (TPSA) is 9.23 Å². The molecule has 10 heteroatoms. The minimum atomic E-state index is -2.26. The van der Waals surface area contributed by atoms with Gasteiger partial charge in [-0.2, -0.15) is 0 Å². The normalized spacial score (nSPS) is 15.4. The van der Waals surface area contributed by atoms with Crippen molar-refractivity contribution in [3.8, 4) is 0 Å². The molecule has 0 unspecified atom stereocenters. The molecule has 0 atom stereocenters. The van der Waals surface area contributed by atoms with E-state index in [0.29, 0.717) is 27.2 Å². The van der Waals surface area contributed by atoms with Gasteiger partial charge in [0.25, 0.3) is 15.3 Å². The Kier molecular flexibility index (Phi) is 12.9. The number of halogens is 5. The molecule has 0 radical (unpaired) electrons. The fourth-order valence-electron chi connectivity index (χ4n) is 2.04. The molecule has 0 fully saturated rings. The summed E-state index contributed by atoms with van der Waals surface area (Å²) in [6.07, 6.45) is 0. The van der Waals surface area contributed by atoms with Crippen molar-refractivity contribution in [2.24, 2.45) is 0 Å². The van der Waals surface area contributed by atoms with Crippen LogP contribution in [0.1, 0.15) is 55.4 Å². The van der Waals surface area contributed by atoms with Gasteiger partial charge in [-0.1, -0.05) is 55.4 Å². The number of rotatable bonds is 7. The van der Waals surface area contributed by atoms with Crippen molar-refractivity contribution >= 4 is 93.9 Å². The van der Waals surface area contributed by atoms with Gasteiger partial charge >= 0.3 is 57.7 Å². The van der Waals surface area contributed by atoms with Gasteiger partial charge in [0.15, 0.2) is 0 Å². The van der Waals surface area contributed by atoms with Gasteiger partial charge in [0, 0.05) is 0 Å². The molecule has 0 saturated carbocycles. The first-order chi connectivity index (χ1) is 10.6. The molecular formula is C12H30Cl4IOPSSi2.